The number of piperazine rings is 1. The summed E-state index contributed by atoms with van der Waals surface area (Å²) in [6, 6.07) is 20.5. The first kappa shape index (κ1) is 18.9. The van der Waals surface area contributed by atoms with Gasteiger partial charge in [-0.3, -0.25) is 4.79 Å². The lowest BCUT2D eigenvalue weighted by Gasteiger charge is -2.36. The zero-order valence-corrected chi connectivity index (χ0v) is 16.5. The standard InChI is InChI=1S/C23H25N5O/c1-18(19-8-4-2-5-9-19)26-23-24-16-20(17-25-23)22(29)28-14-12-27(13-15-28)21-10-6-3-7-11-21/h2-11,16-18H,12-15H2,1H3,(H,24,25,26). The molecule has 4 rings (SSSR count). The van der Waals surface area contributed by atoms with Crippen molar-refractivity contribution in [3.63, 3.8) is 0 Å². The number of hydrogen-bond acceptors (Lipinski definition) is 5. The lowest BCUT2D eigenvalue weighted by molar-refractivity contribution is 0.0746. The van der Waals surface area contributed by atoms with E-state index in [1.165, 1.54) is 5.69 Å². The van der Waals surface area contributed by atoms with Gasteiger partial charge < -0.3 is 15.1 Å². The van der Waals surface area contributed by atoms with Crippen molar-refractivity contribution >= 4 is 17.5 Å². The fraction of sp³-hybridized carbons (Fsp3) is 0.261. The Kier molecular flexibility index (Phi) is 5.70. The van der Waals surface area contributed by atoms with Gasteiger partial charge in [0, 0.05) is 44.3 Å². The largest absolute Gasteiger partial charge is 0.368 e. The number of carbonyl (C=O) groups is 1. The van der Waals surface area contributed by atoms with Crippen LogP contribution < -0.4 is 10.2 Å². The van der Waals surface area contributed by atoms with Gasteiger partial charge in [-0.1, -0.05) is 48.5 Å². The van der Waals surface area contributed by atoms with E-state index in [0.29, 0.717) is 24.6 Å². The molecule has 1 aliphatic rings. The van der Waals surface area contributed by atoms with Gasteiger partial charge in [-0.25, -0.2) is 9.97 Å². The van der Waals surface area contributed by atoms with Crippen molar-refractivity contribution in [3.8, 4) is 0 Å². The number of carbonyl (C=O) groups excluding carboxylic acids is 1. The molecule has 0 saturated carbocycles. The van der Waals surface area contributed by atoms with Crippen LogP contribution in [-0.2, 0) is 0 Å². The van der Waals surface area contributed by atoms with Gasteiger partial charge in [-0.2, -0.15) is 0 Å². The molecule has 1 aliphatic heterocycles. The lowest BCUT2D eigenvalue weighted by Crippen LogP contribution is -2.48. The van der Waals surface area contributed by atoms with Crippen LogP contribution in [0.15, 0.2) is 73.1 Å². The number of benzene rings is 2. The highest BCUT2D eigenvalue weighted by atomic mass is 16.2. The van der Waals surface area contributed by atoms with E-state index in [1.54, 1.807) is 12.4 Å². The summed E-state index contributed by atoms with van der Waals surface area (Å²) in [5, 5.41) is 3.27. The van der Waals surface area contributed by atoms with Crippen LogP contribution in [0.3, 0.4) is 0 Å². The van der Waals surface area contributed by atoms with Crippen LogP contribution in [0.1, 0.15) is 28.9 Å². The first-order chi connectivity index (χ1) is 14.2. The third-order valence-electron chi connectivity index (χ3n) is 5.23. The molecule has 6 nitrogen and oxygen atoms in total. The minimum Gasteiger partial charge on any atom is -0.368 e. The fourth-order valence-electron chi connectivity index (χ4n) is 3.52. The third kappa shape index (κ3) is 4.54. The number of nitrogens with one attached hydrogen (secondary N) is 1. The highest BCUT2D eigenvalue weighted by molar-refractivity contribution is 5.93. The van der Waals surface area contributed by atoms with E-state index in [0.717, 1.165) is 18.7 Å². The maximum atomic E-state index is 12.8. The Balaban J connectivity index is 1.34. The first-order valence-electron chi connectivity index (χ1n) is 9.93. The predicted molar refractivity (Wildman–Crippen MR) is 115 cm³/mol. The molecule has 1 atom stereocenters. The highest BCUT2D eigenvalue weighted by Gasteiger charge is 2.22. The summed E-state index contributed by atoms with van der Waals surface area (Å²) in [5.41, 5.74) is 2.88. The number of anilines is 2. The van der Waals surface area contributed by atoms with E-state index in [4.69, 9.17) is 0 Å². The van der Waals surface area contributed by atoms with Crippen LogP contribution in [0.25, 0.3) is 0 Å². The summed E-state index contributed by atoms with van der Waals surface area (Å²) in [7, 11) is 0. The molecule has 148 valence electrons. The monoisotopic (exact) mass is 387 g/mol. The van der Waals surface area contributed by atoms with Crippen molar-refractivity contribution < 1.29 is 4.79 Å². The Labute approximate surface area is 171 Å². The molecule has 0 aliphatic carbocycles. The van der Waals surface area contributed by atoms with Crippen LogP contribution in [0.4, 0.5) is 11.6 Å². The number of aromatic nitrogens is 2. The zero-order chi connectivity index (χ0) is 20.1. The van der Waals surface area contributed by atoms with Crippen molar-refractivity contribution in [2.24, 2.45) is 0 Å². The van der Waals surface area contributed by atoms with E-state index >= 15 is 0 Å². The first-order valence-corrected chi connectivity index (χ1v) is 9.93. The SMILES string of the molecule is CC(Nc1ncc(C(=O)N2CCN(c3ccccc3)CC2)cn1)c1ccccc1. The predicted octanol–water partition coefficient (Wildman–Crippen LogP) is 3.61. The number of nitrogens with zero attached hydrogens (tertiary/aromatic N) is 4. The van der Waals surface area contributed by atoms with E-state index in [9.17, 15) is 4.79 Å². The summed E-state index contributed by atoms with van der Waals surface area (Å²) < 4.78 is 0. The van der Waals surface area contributed by atoms with Gasteiger partial charge in [0.1, 0.15) is 0 Å². The highest BCUT2D eigenvalue weighted by Crippen LogP contribution is 2.18. The molecule has 1 N–H and O–H groups in total. The molecule has 1 unspecified atom stereocenters. The third-order valence-corrected chi connectivity index (χ3v) is 5.23. The van der Waals surface area contributed by atoms with Gasteiger partial charge in [-0.05, 0) is 24.6 Å². The number of hydrogen-bond donors (Lipinski definition) is 1. The van der Waals surface area contributed by atoms with Crippen molar-refractivity contribution in [1.82, 2.24) is 14.9 Å². The maximum absolute atomic E-state index is 12.8. The van der Waals surface area contributed by atoms with Crippen molar-refractivity contribution in [1.29, 1.82) is 0 Å². The van der Waals surface area contributed by atoms with Crippen molar-refractivity contribution in [2.45, 2.75) is 13.0 Å². The molecule has 0 bridgehead atoms. The molecule has 1 fully saturated rings. The Morgan fingerprint density at radius 3 is 2.10 bits per heavy atom. The van der Waals surface area contributed by atoms with Gasteiger partial charge in [-0.15, -0.1) is 0 Å². The van der Waals surface area contributed by atoms with E-state index < -0.39 is 0 Å². The Morgan fingerprint density at radius 1 is 0.897 bits per heavy atom. The second-order valence-corrected chi connectivity index (χ2v) is 7.19. The van der Waals surface area contributed by atoms with E-state index in [2.05, 4.69) is 51.4 Å². The molecule has 0 radical (unpaired) electrons. The van der Waals surface area contributed by atoms with Gasteiger partial charge in [0.15, 0.2) is 0 Å². The molecular weight excluding hydrogens is 362 g/mol. The van der Waals surface area contributed by atoms with E-state index in [-0.39, 0.29) is 11.9 Å². The molecule has 2 aromatic carbocycles. The number of amides is 1. The maximum Gasteiger partial charge on any atom is 0.257 e. The number of para-hydroxylation sites is 1. The molecule has 2 heterocycles. The van der Waals surface area contributed by atoms with Crippen LogP contribution >= 0.6 is 0 Å². The fourth-order valence-corrected chi connectivity index (χ4v) is 3.52. The van der Waals surface area contributed by atoms with Crippen LogP contribution in [0, 0.1) is 0 Å². The molecule has 1 saturated heterocycles. The normalized spacial score (nSPS) is 15.1. The van der Waals surface area contributed by atoms with Crippen molar-refractivity contribution in [2.75, 3.05) is 36.4 Å². The molecule has 1 amide bonds. The van der Waals surface area contributed by atoms with Gasteiger partial charge >= 0.3 is 0 Å². The topological polar surface area (TPSA) is 61.4 Å². The van der Waals surface area contributed by atoms with E-state index in [1.807, 2.05) is 41.3 Å². The van der Waals surface area contributed by atoms with Crippen LogP contribution in [0.2, 0.25) is 0 Å². The summed E-state index contributed by atoms with van der Waals surface area (Å²) in [4.78, 5) is 25.7. The minimum absolute atomic E-state index is 0.0135. The minimum atomic E-state index is -0.0135. The molecule has 1 aromatic heterocycles. The zero-order valence-electron chi connectivity index (χ0n) is 16.5. The molecule has 29 heavy (non-hydrogen) atoms. The molecule has 0 spiro atoms. The second kappa shape index (κ2) is 8.73. The average molecular weight is 387 g/mol. The summed E-state index contributed by atoms with van der Waals surface area (Å²) >= 11 is 0. The average Bonchev–Trinajstić information content (AvgIpc) is 2.80. The summed E-state index contributed by atoms with van der Waals surface area (Å²) in [6.45, 7) is 5.09. The second-order valence-electron chi connectivity index (χ2n) is 7.19. The Morgan fingerprint density at radius 2 is 1.48 bits per heavy atom. The van der Waals surface area contributed by atoms with Crippen LogP contribution in [0.5, 0.6) is 0 Å². The molecule has 3 aromatic rings. The molecular formula is C23H25N5O. The quantitative estimate of drug-likeness (QED) is 0.725. The smallest absolute Gasteiger partial charge is 0.257 e. The lowest BCUT2D eigenvalue weighted by atomic mass is 10.1. The van der Waals surface area contributed by atoms with Gasteiger partial charge in [0.2, 0.25) is 5.95 Å². The Hall–Kier alpha value is -3.41. The Bertz CT molecular complexity index is 923. The van der Waals surface area contributed by atoms with Crippen LogP contribution in [-0.4, -0.2) is 47.0 Å². The van der Waals surface area contributed by atoms with Crippen molar-refractivity contribution in [3.05, 3.63) is 84.2 Å². The van der Waals surface area contributed by atoms with Gasteiger partial charge in [0.25, 0.3) is 5.91 Å². The summed E-state index contributed by atoms with van der Waals surface area (Å²) in [5.74, 6) is 0.507. The number of rotatable bonds is 5. The molecule has 6 heteroatoms. The van der Waals surface area contributed by atoms with Gasteiger partial charge in [0.05, 0.1) is 11.6 Å². The summed E-state index contributed by atoms with van der Waals surface area (Å²) in [6.07, 6.45) is 3.22.